The monoisotopic (exact) mass is 335 g/mol. The number of hydrogen-bond donors (Lipinski definition) is 0. The molecule has 1 fully saturated rings. The van der Waals surface area contributed by atoms with Gasteiger partial charge in [0, 0.05) is 45.4 Å². The molecule has 1 aromatic rings. The molecule has 1 aromatic heterocycles. The van der Waals surface area contributed by atoms with Crippen LogP contribution in [0.1, 0.15) is 19.3 Å². The van der Waals surface area contributed by atoms with Crippen molar-refractivity contribution in [2.45, 2.75) is 30.7 Å². The second kappa shape index (κ2) is 7.58. The van der Waals surface area contributed by atoms with Crippen LogP contribution in [0.4, 0.5) is 0 Å². The van der Waals surface area contributed by atoms with E-state index >= 15 is 0 Å². The van der Waals surface area contributed by atoms with E-state index in [4.69, 9.17) is 16.3 Å². The molecule has 8 heteroatoms. The number of aromatic nitrogens is 2. The summed E-state index contributed by atoms with van der Waals surface area (Å²) in [5.41, 5.74) is 0. The summed E-state index contributed by atoms with van der Waals surface area (Å²) in [7, 11) is -1.84. The Kier molecular flexibility index (Phi) is 6.04. The first-order chi connectivity index (χ1) is 10.0. The van der Waals surface area contributed by atoms with Crippen LogP contribution in [0.15, 0.2) is 17.3 Å². The van der Waals surface area contributed by atoms with Crippen molar-refractivity contribution in [3.05, 3.63) is 12.4 Å². The minimum Gasteiger partial charge on any atom is -0.381 e. The van der Waals surface area contributed by atoms with Crippen LogP contribution in [-0.4, -0.2) is 55.2 Å². The first-order valence-electron chi connectivity index (χ1n) is 7.16. The molecule has 0 aliphatic carbocycles. The zero-order valence-electron chi connectivity index (χ0n) is 12.2. The third kappa shape index (κ3) is 4.42. The highest BCUT2D eigenvalue weighted by Crippen LogP contribution is 2.20. The molecule has 0 bridgehead atoms. The zero-order chi connectivity index (χ0) is 15.3. The molecule has 120 valence electrons. The molecule has 1 aliphatic heterocycles. The van der Waals surface area contributed by atoms with E-state index in [1.807, 2.05) is 0 Å². The highest BCUT2D eigenvalue weighted by atomic mass is 35.5. The average molecular weight is 336 g/mol. The normalized spacial score (nSPS) is 17.5. The molecule has 0 spiro atoms. The van der Waals surface area contributed by atoms with Gasteiger partial charge in [0.05, 0.1) is 6.20 Å². The van der Waals surface area contributed by atoms with Gasteiger partial charge in [-0.3, -0.25) is 4.68 Å². The Balaban J connectivity index is 2.00. The number of alkyl halides is 1. The maximum atomic E-state index is 12.5. The summed E-state index contributed by atoms with van der Waals surface area (Å²) < 4.78 is 33.4. The lowest BCUT2D eigenvalue weighted by molar-refractivity contribution is 0.0620. The van der Waals surface area contributed by atoms with Crippen LogP contribution in [0.3, 0.4) is 0 Å². The molecule has 0 aromatic carbocycles. The zero-order valence-corrected chi connectivity index (χ0v) is 13.8. The predicted molar refractivity (Wildman–Crippen MR) is 80.9 cm³/mol. The quantitative estimate of drug-likeness (QED) is 0.709. The van der Waals surface area contributed by atoms with Gasteiger partial charge in [0.2, 0.25) is 10.0 Å². The standard InChI is InChI=1S/C13H22ClN3O3S/c1-16(10-12-3-7-20-8-4-12)21(18,19)13-9-15-17(11-13)6-2-5-14/h9,11-12H,2-8,10H2,1H3. The van der Waals surface area contributed by atoms with Crippen LogP contribution >= 0.6 is 11.6 Å². The van der Waals surface area contributed by atoms with Crippen LogP contribution in [0.5, 0.6) is 0 Å². The Hall–Kier alpha value is -0.630. The third-order valence-corrected chi connectivity index (χ3v) is 5.74. The number of ether oxygens (including phenoxy) is 1. The fraction of sp³-hybridized carbons (Fsp3) is 0.769. The lowest BCUT2D eigenvalue weighted by Gasteiger charge is -2.26. The van der Waals surface area contributed by atoms with Gasteiger partial charge < -0.3 is 4.74 Å². The summed E-state index contributed by atoms with van der Waals surface area (Å²) >= 11 is 5.63. The summed E-state index contributed by atoms with van der Waals surface area (Å²) in [5, 5.41) is 4.08. The molecule has 2 rings (SSSR count). The van der Waals surface area contributed by atoms with Crippen molar-refractivity contribution in [1.29, 1.82) is 0 Å². The van der Waals surface area contributed by atoms with Gasteiger partial charge in [-0.05, 0) is 25.2 Å². The Morgan fingerprint density at radius 3 is 2.86 bits per heavy atom. The Morgan fingerprint density at radius 1 is 1.48 bits per heavy atom. The molecule has 0 radical (unpaired) electrons. The van der Waals surface area contributed by atoms with Gasteiger partial charge in [-0.25, -0.2) is 12.7 Å². The SMILES string of the molecule is CN(CC1CCOCC1)S(=O)(=O)c1cnn(CCCCl)c1. The smallest absolute Gasteiger partial charge is 0.245 e. The molecule has 2 heterocycles. The summed E-state index contributed by atoms with van der Waals surface area (Å²) in [6, 6.07) is 0. The number of halogens is 1. The maximum Gasteiger partial charge on any atom is 0.245 e. The van der Waals surface area contributed by atoms with Crippen LogP contribution in [0, 0.1) is 5.92 Å². The van der Waals surface area contributed by atoms with E-state index in [1.54, 1.807) is 17.9 Å². The largest absolute Gasteiger partial charge is 0.381 e. The molecule has 21 heavy (non-hydrogen) atoms. The number of aryl methyl sites for hydroxylation is 1. The van der Waals surface area contributed by atoms with E-state index in [0.717, 1.165) is 32.5 Å². The first-order valence-corrected chi connectivity index (χ1v) is 9.14. The highest BCUT2D eigenvalue weighted by Gasteiger charge is 2.26. The van der Waals surface area contributed by atoms with Crippen molar-refractivity contribution in [2.75, 3.05) is 32.7 Å². The molecular weight excluding hydrogens is 314 g/mol. The third-order valence-electron chi connectivity index (χ3n) is 3.69. The maximum absolute atomic E-state index is 12.5. The van der Waals surface area contributed by atoms with E-state index in [9.17, 15) is 8.42 Å². The van der Waals surface area contributed by atoms with Gasteiger partial charge in [0.25, 0.3) is 0 Å². The van der Waals surface area contributed by atoms with Crippen LogP contribution in [-0.2, 0) is 21.3 Å². The molecule has 0 unspecified atom stereocenters. The fourth-order valence-electron chi connectivity index (χ4n) is 2.39. The first kappa shape index (κ1) is 16.7. The predicted octanol–water partition coefficient (Wildman–Crippen LogP) is 1.56. The topological polar surface area (TPSA) is 64.4 Å². The molecule has 0 N–H and O–H groups in total. The van der Waals surface area contributed by atoms with E-state index in [0.29, 0.717) is 24.9 Å². The van der Waals surface area contributed by atoms with Crippen molar-refractivity contribution >= 4 is 21.6 Å². The van der Waals surface area contributed by atoms with Crippen LogP contribution < -0.4 is 0 Å². The van der Waals surface area contributed by atoms with Gasteiger partial charge in [-0.15, -0.1) is 11.6 Å². The van der Waals surface area contributed by atoms with Crippen LogP contribution in [0.2, 0.25) is 0 Å². The van der Waals surface area contributed by atoms with Gasteiger partial charge in [-0.1, -0.05) is 0 Å². The minimum absolute atomic E-state index is 0.242. The van der Waals surface area contributed by atoms with Gasteiger partial charge >= 0.3 is 0 Å². The van der Waals surface area contributed by atoms with Crippen molar-refractivity contribution in [3.8, 4) is 0 Å². The second-order valence-electron chi connectivity index (χ2n) is 5.32. The van der Waals surface area contributed by atoms with Crippen LogP contribution in [0.25, 0.3) is 0 Å². The lowest BCUT2D eigenvalue weighted by atomic mass is 10.0. The van der Waals surface area contributed by atoms with Gasteiger partial charge in [0.1, 0.15) is 4.90 Å². The average Bonchev–Trinajstić information content (AvgIpc) is 2.95. The number of rotatable bonds is 7. The number of sulfonamides is 1. The molecule has 0 saturated carbocycles. The van der Waals surface area contributed by atoms with E-state index in [1.165, 1.54) is 10.5 Å². The number of nitrogens with zero attached hydrogens (tertiary/aromatic N) is 3. The summed E-state index contributed by atoms with van der Waals surface area (Å²) in [4.78, 5) is 0.242. The van der Waals surface area contributed by atoms with Gasteiger partial charge in [-0.2, -0.15) is 5.10 Å². The molecule has 1 saturated heterocycles. The minimum atomic E-state index is -3.47. The van der Waals surface area contributed by atoms with Crippen molar-refractivity contribution < 1.29 is 13.2 Å². The Labute approximate surface area is 131 Å². The van der Waals surface area contributed by atoms with Gasteiger partial charge in [0.15, 0.2) is 0 Å². The molecule has 0 atom stereocenters. The Morgan fingerprint density at radius 2 is 2.19 bits per heavy atom. The second-order valence-corrected chi connectivity index (χ2v) is 7.75. The summed E-state index contributed by atoms with van der Waals surface area (Å²) in [6.07, 6.45) is 5.57. The van der Waals surface area contributed by atoms with Crippen molar-refractivity contribution in [1.82, 2.24) is 14.1 Å². The molecular formula is C13H22ClN3O3S. The summed E-state index contributed by atoms with van der Waals surface area (Å²) in [5.74, 6) is 0.899. The van der Waals surface area contributed by atoms with Crippen molar-refractivity contribution in [2.24, 2.45) is 5.92 Å². The molecule has 6 nitrogen and oxygen atoms in total. The lowest BCUT2D eigenvalue weighted by Crippen LogP contribution is -2.34. The van der Waals surface area contributed by atoms with Crippen molar-refractivity contribution in [3.63, 3.8) is 0 Å². The highest BCUT2D eigenvalue weighted by molar-refractivity contribution is 7.89. The molecule has 1 aliphatic rings. The number of hydrogen-bond acceptors (Lipinski definition) is 4. The van der Waals surface area contributed by atoms with E-state index in [2.05, 4.69) is 5.10 Å². The Bertz CT molecular complexity index is 541. The van der Waals surface area contributed by atoms with E-state index in [-0.39, 0.29) is 4.90 Å². The fourth-order valence-corrected chi connectivity index (χ4v) is 3.71. The molecule has 0 amide bonds. The van der Waals surface area contributed by atoms with E-state index < -0.39 is 10.0 Å². The summed E-state index contributed by atoms with van der Waals surface area (Å²) in [6.45, 7) is 2.59.